The monoisotopic (exact) mass is 379 g/mol. The zero-order valence-electron chi connectivity index (χ0n) is 15.8. The van der Waals surface area contributed by atoms with Crippen LogP contribution in [0.2, 0.25) is 0 Å². The Kier molecular flexibility index (Phi) is 5.58. The van der Waals surface area contributed by atoms with Crippen LogP contribution in [0.5, 0.6) is 0 Å². The van der Waals surface area contributed by atoms with Crippen LogP contribution in [0.25, 0.3) is 11.1 Å². The lowest BCUT2D eigenvalue weighted by Gasteiger charge is -2.25. The van der Waals surface area contributed by atoms with E-state index >= 15 is 0 Å². The predicted molar refractivity (Wildman–Crippen MR) is 108 cm³/mol. The molecule has 0 bridgehead atoms. The highest BCUT2D eigenvalue weighted by atomic mass is 16.4. The standard InChI is InChI=1S/C22H25N3O3/c26-21(12-15-25-19-10-4-5-11-20(19)28-22(25)27)23-18(16-24-13-6-7-14-24)17-8-2-1-3-9-17/h1-5,8-11,18H,6-7,12-16H2,(H,23,26). The van der Waals surface area contributed by atoms with Gasteiger partial charge < -0.3 is 14.6 Å². The van der Waals surface area contributed by atoms with Gasteiger partial charge in [-0.3, -0.25) is 9.36 Å². The summed E-state index contributed by atoms with van der Waals surface area (Å²) < 4.78 is 6.76. The van der Waals surface area contributed by atoms with E-state index in [1.165, 1.54) is 17.4 Å². The maximum absolute atomic E-state index is 12.7. The highest BCUT2D eigenvalue weighted by molar-refractivity contribution is 5.77. The van der Waals surface area contributed by atoms with Crippen molar-refractivity contribution >= 4 is 17.0 Å². The molecule has 0 spiro atoms. The molecule has 6 nitrogen and oxygen atoms in total. The van der Waals surface area contributed by atoms with E-state index in [0.29, 0.717) is 12.1 Å². The third-order valence-corrected chi connectivity index (χ3v) is 5.31. The van der Waals surface area contributed by atoms with E-state index in [4.69, 9.17) is 4.42 Å². The molecule has 1 aliphatic rings. The fraction of sp³-hybridized carbons (Fsp3) is 0.364. The van der Waals surface area contributed by atoms with Crippen LogP contribution in [0.4, 0.5) is 0 Å². The van der Waals surface area contributed by atoms with Crippen molar-refractivity contribution in [1.29, 1.82) is 0 Å². The molecule has 146 valence electrons. The van der Waals surface area contributed by atoms with E-state index in [2.05, 4.69) is 22.3 Å². The van der Waals surface area contributed by atoms with Crippen LogP contribution >= 0.6 is 0 Å². The third-order valence-electron chi connectivity index (χ3n) is 5.31. The van der Waals surface area contributed by atoms with E-state index in [1.54, 1.807) is 6.07 Å². The molecule has 0 aliphatic carbocycles. The molecule has 28 heavy (non-hydrogen) atoms. The molecule has 0 saturated carbocycles. The second-order valence-electron chi connectivity index (χ2n) is 7.28. The van der Waals surface area contributed by atoms with E-state index in [0.717, 1.165) is 30.7 Å². The Bertz CT molecular complexity index is 987. The topological polar surface area (TPSA) is 67.5 Å². The fourth-order valence-electron chi connectivity index (χ4n) is 3.85. The van der Waals surface area contributed by atoms with Gasteiger partial charge in [-0.05, 0) is 43.6 Å². The average Bonchev–Trinajstić information content (AvgIpc) is 3.33. The summed E-state index contributed by atoms with van der Waals surface area (Å²) in [5.41, 5.74) is 2.37. The molecule has 2 heterocycles. The minimum Gasteiger partial charge on any atom is -0.408 e. The van der Waals surface area contributed by atoms with Gasteiger partial charge in [-0.15, -0.1) is 0 Å². The zero-order valence-corrected chi connectivity index (χ0v) is 15.8. The van der Waals surface area contributed by atoms with Crippen molar-refractivity contribution in [3.63, 3.8) is 0 Å². The first-order valence-electron chi connectivity index (χ1n) is 9.86. The van der Waals surface area contributed by atoms with Crippen molar-refractivity contribution in [2.24, 2.45) is 0 Å². The van der Waals surface area contributed by atoms with Crippen molar-refractivity contribution in [3.8, 4) is 0 Å². The Morgan fingerprint density at radius 2 is 1.75 bits per heavy atom. The Morgan fingerprint density at radius 3 is 2.54 bits per heavy atom. The number of fused-ring (bicyclic) bond motifs is 1. The number of para-hydroxylation sites is 2. The van der Waals surface area contributed by atoms with E-state index in [-0.39, 0.29) is 18.4 Å². The van der Waals surface area contributed by atoms with Gasteiger partial charge in [-0.25, -0.2) is 4.79 Å². The normalized spacial score (nSPS) is 15.7. The number of carbonyl (C=O) groups excluding carboxylic acids is 1. The van der Waals surface area contributed by atoms with Crippen LogP contribution in [-0.2, 0) is 11.3 Å². The summed E-state index contributed by atoms with van der Waals surface area (Å²) in [5, 5.41) is 3.16. The van der Waals surface area contributed by atoms with Gasteiger partial charge in [0.25, 0.3) is 0 Å². The van der Waals surface area contributed by atoms with Crippen molar-refractivity contribution in [3.05, 3.63) is 70.7 Å². The Balaban J connectivity index is 1.43. The van der Waals surface area contributed by atoms with Crippen LogP contribution in [0.15, 0.2) is 63.8 Å². The van der Waals surface area contributed by atoms with Crippen LogP contribution in [0.1, 0.15) is 30.9 Å². The van der Waals surface area contributed by atoms with Crippen molar-refractivity contribution < 1.29 is 9.21 Å². The molecule has 1 amide bonds. The van der Waals surface area contributed by atoms with E-state index in [1.807, 2.05) is 36.4 Å². The van der Waals surface area contributed by atoms with Gasteiger partial charge in [0.05, 0.1) is 11.6 Å². The van der Waals surface area contributed by atoms with Crippen molar-refractivity contribution in [1.82, 2.24) is 14.8 Å². The molecule has 1 aromatic heterocycles. The lowest BCUT2D eigenvalue weighted by Crippen LogP contribution is -2.37. The maximum atomic E-state index is 12.7. The number of aryl methyl sites for hydroxylation is 1. The first kappa shape index (κ1) is 18.5. The number of likely N-dealkylation sites (tertiary alicyclic amines) is 1. The smallest absolute Gasteiger partial charge is 0.408 e. The van der Waals surface area contributed by atoms with Crippen LogP contribution < -0.4 is 11.1 Å². The zero-order chi connectivity index (χ0) is 19.3. The van der Waals surface area contributed by atoms with Crippen LogP contribution in [-0.4, -0.2) is 35.0 Å². The summed E-state index contributed by atoms with van der Waals surface area (Å²) in [6, 6.07) is 17.3. The maximum Gasteiger partial charge on any atom is 0.419 e. The van der Waals surface area contributed by atoms with Gasteiger partial charge in [0.1, 0.15) is 0 Å². The molecular weight excluding hydrogens is 354 g/mol. The summed E-state index contributed by atoms with van der Waals surface area (Å²) >= 11 is 0. The molecule has 3 aromatic rings. The van der Waals surface area contributed by atoms with Crippen LogP contribution in [0.3, 0.4) is 0 Å². The molecule has 2 aromatic carbocycles. The number of hydrogen-bond acceptors (Lipinski definition) is 4. The molecule has 0 radical (unpaired) electrons. The Labute approximate surface area is 163 Å². The van der Waals surface area contributed by atoms with Gasteiger partial charge >= 0.3 is 5.76 Å². The fourth-order valence-corrected chi connectivity index (χ4v) is 3.85. The number of nitrogens with one attached hydrogen (secondary N) is 1. The number of hydrogen-bond donors (Lipinski definition) is 1. The summed E-state index contributed by atoms with van der Waals surface area (Å²) in [7, 11) is 0. The van der Waals surface area contributed by atoms with Crippen LogP contribution in [0, 0.1) is 0 Å². The molecule has 4 rings (SSSR count). The highest BCUT2D eigenvalue weighted by Crippen LogP contribution is 2.18. The summed E-state index contributed by atoms with van der Waals surface area (Å²) in [6.45, 7) is 3.27. The Morgan fingerprint density at radius 1 is 1.04 bits per heavy atom. The van der Waals surface area contributed by atoms with Crippen molar-refractivity contribution in [2.75, 3.05) is 19.6 Å². The molecule has 1 atom stereocenters. The second-order valence-corrected chi connectivity index (χ2v) is 7.28. The first-order chi connectivity index (χ1) is 13.7. The lowest BCUT2D eigenvalue weighted by molar-refractivity contribution is -0.122. The average molecular weight is 379 g/mol. The number of amides is 1. The minimum absolute atomic E-state index is 0.0513. The van der Waals surface area contributed by atoms with Crippen molar-refractivity contribution in [2.45, 2.75) is 31.8 Å². The van der Waals surface area contributed by atoms with Gasteiger partial charge in [-0.2, -0.15) is 0 Å². The SMILES string of the molecule is O=C(CCn1c(=O)oc2ccccc21)NC(CN1CCCC1)c1ccccc1. The summed E-state index contributed by atoms with van der Waals surface area (Å²) in [5.74, 6) is -0.490. The predicted octanol–water partition coefficient (Wildman–Crippen LogP) is 2.94. The third kappa shape index (κ3) is 4.17. The second kappa shape index (κ2) is 8.44. The number of rotatable bonds is 7. The molecule has 1 saturated heterocycles. The highest BCUT2D eigenvalue weighted by Gasteiger charge is 2.21. The molecular formula is C22H25N3O3. The van der Waals surface area contributed by atoms with Gasteiger partial charge in [-0.1, -0.05) is 42.5 Å². The number of oxazole rings is 1. The van der Waals surface area contributed by atoms with Gasteiger partial charge in [0.15, 0.2) is 5.58 Å². The van der Waals surface area contributed by atoms with Gasteiger partial charge in [0.2, 0.25) is 5.91 Å². The van der Waals surface area contributed by atoms with Gasteiger partial charge in [0, 0.05) is 19.5 Å². The largest absolute Gasteiger partial charge is 0.419 e. The molecule has 6 heteroatoms. The molecule has 1 fully saturated rings. The number of carbonyl (C=O) groups is 1. The minimum atomic E-state index is -0.425. The number of aromatic nitrogens is 1. The van der Waals surface area contributed by atoms with E-state index < -0.39 is 5.76 Å². The Hall–Kier alpha value is -2.86. The quantitative estimate of drug-likeness (QED) is 0.685. The summed E-state index contributed by atoms with van der Waals surface area (Å²) in [4.78, 5) is 27.1. The lowest BCUT2D eigenvalue weighted by atomic mass is 10.1. The van der Waals surface area contributed by atoms with E-state index in [9.17, 15) is 9.59 Å². The first-order valence-corrected chi connectivity index (χ1v) is 9.86. The summed E-state index contributed by atoms with van der Waals surface area (Å²) in [6.07, 6.45) is 2.66. The number of benzene rings is 2. The molecule has 1 N–H and O–H groups in total. The number of nitrogens with zero attached hydrogens (tertiary/aromatic N) is 2. The molecule has 1 aliphatic heterocycles. The molecule has 1 unspecified atom stereocenters.